The average Bonchev–Trinajstić information content (AvgIpc) is 3.32. The summed E-state index contributed by atoms with van der Waals surface area (Å²) < 4.78 is 5.74. The van der Waals surface area contributed by atoms with Crippen LogP contribution in [0.2, 0.25) is 10.2 Å². The summed E-state index contributed by atoms with van der Waals surface area (Å²) in [5.41, 5.74) is 0.975. The number of benzene rings is 1. The molecule has 158 valence electrons. The van der Waals surface area contributed by atoms with E-state index < -0.39 is 5.92 Å². The summed E-state index contributed by atoms with van der Waals surface area (Å²) in [4.78, 5) is 31.4. The highest BCUT2D eigenvalue weighted by Crippen LogP contribution is 2.50. The van der Waals surface area contributed by atoms with Gasteiger partial charge in [0.25, 0.3) is 0 Å². The lowest BCUT2D eigenvalue weighted by molar-refractivity contribution is -0.137. The van der Waals surface area contributed by atoms with E-state index in [-0.39, 0.29) is 36.1 Å². The summed E-state index contributed by atoms with van der Waals surface area (Å²) in [6.07, 6.45) is 0. The Morgan fingerprint density at radius 1 is 1.10 bits per heavy atom. The van der Waals surface area contributed by atoms with E-state index in [2.05, 4.69) is 10.2 Å². The van der Waals surface area contributed by atoms with Gasteiger partial charge in [-0.05, 0) is 41.4 Å². The number of amides is 3. The summed E-state index contributed by atoms with van der Waals surface area (Å²) >= 11 is 12.3. The van der Waals surface area contributed by atoms with Crippen LogP contribution in [0.5, 0.6) is 0 Å². The topological polar surface area (TPSA) is 69.0 Å². The van der Waals surface area contributed by atoms with Crippen LogP contribution in [-0.4, -0.2) is 65.9 Å². The van der Waals surface area contributed by atoms with Crippen molar-refractivity contribution in [2.45, 2.75) is 24.2 Å². The van der Waals surface area contributed by atoms with Gasteiger partial charge in [0.05, 0.1) is 24.0 Å². The molecule has 0 spiro atoms. The average molecular weight is 449 g/mol. The summed E-state index contributed by atoms with van der Waals surface area (Å²) in [5.74, 6) is 0.125. The van der Waals surface area contributed by atoms with E-state index in [9.17, 15) is 9.59 Å². The van der Waals surface area contributed by atoms with Crippen molar-refractivity contribution in [3.8, 4) is 0 Å². The van der Waals surface area contributed by atoms with Gasteiger partial charge >= 0.3 is 6.03 Å². The Hall–Kier alpha value is -2.06. The Morgan fingerprint density at radius 2 is 1.90 bits per heavy atom. The number of rotatable bonds is 2. The third kappa shape index (κ3) is 2.87. The predicted molar refractivity (Wildman–Crippen MR) is 112 cm³/mol. The lowest BCUT2D eigenvalue weighted by Crippen LogP contribution is -2.63. The summed E-state index contributed by atoms with van der Waals surface area (Å²) in [7, 11) is 3.31. The molecule has 1 aromatic heterocycles. The van der Waals surface area contributed by atoms with Crippen LogP contribution in [0.4, 0.5) is 4.79 Å². The van der Waals surface area contributed by atoms with E-state index in [1.54, 1.807) is 25.1 Å². The first-order valence-corrected chi connectivity index (χ1v) is 10.7. The molecule has 9 heteroatoms. The number of fused-ring (bicyclic) bond motifs is 3. The number of nitrogens with one attached hydrogen (secondary N) is 1. The van der Waals surface area contributed by atoms with E-state index in [0.717, 1.165) is 18.7 Å². The number of likely N-dealkylation sites (N-methyl/N-ethyl adjacent to an activating group) is 1. The normalized spacial score (nSPS) is 31.8. The SMILES string of the molecule is CN1C(=O)C2C(C3C(c4ccc(Cl)o4)NCCN3C2c2cccc(Cl)c2)N(C)C1=O. The molecular weight excluding hydrogens is 427 g/mol. The molecule has 3 amide bonds. The maximum absolute atomic E-state index is 13.4. The standard InChI is InChI=1S/C21H22Cl2N4O3/c1-25-18-15(20(28)26(2)21(25)29)17(11-4-3-5-12(22)10-11)27-9-8-24-16(19(18)27)13-6-7-14(23)30-13/h3-7,10,15-19,24H,8-9H2,1-2H3. The number of nitrogens with zero attached hydrogens (tertiary/aromatic N) is 3. The Labute approximate surface area is 184 Å². The fraction of sp³-hybridized carbons (Fsp3) is 0.429. The van der Waals surface area contributed by atoms with Gasteiger partial charge in [-0.25, -0.2) is 4.79 Å². The van der Waals surface area contributed by atoms with E-state index >= 15 is 0 Å². The van der Waals surface area contributed by atoms with Crippen LogP contribution < -0.4 is 5.32 Å². The Morgan fingerprint density at radius 3 is 2.60 bits per heavy atom. The minimum atomic E-state index is -0.408. The number of hydrogen-bond donors (Lipinski definition) is 1. The zero-order valence-electron chi connectivity index (χ0n) is 16.6. The van der Waals surface area contributed by atoms with Crippen LogP contribution in [0.3, 0.4) is 0 Å². The molecule has 3 fully saturated rings. The van der Waals surface area contributed by atoms with Gasteiger partial charge in [0.15, 0.2) is 5.22 Å². The highest BCUT2D eigenvalue weighted by Gasteiger charge is 2.61. The van der Waals surface area contributed by atoms with Crippen LogP contribution >= 0.6 is 23.2 Å². The smallest absolute Gasteiger partial charge is 0.326 e. The van der Waals surface area contributed by atoms with Gasteiger partial charge in [0.1, 0.15) is 5.76 Å². The quantitative estimate of drug-likeness (QED) is 0.763. The van der Waals surface area contributed by atoms with Crippen LogP contribution in [0.15, 0.2) is 40.8 Å². The minimum absolute atomic E-state index is 0.151. The summed E-state index contributed by atoms with van der Waals surface area (Å²) in [6.45, 7) is 1.45. The number of carbonyl (C=O) groups is 2. The van der Waals surface area contributed by atoms with Gasteiger partial charge in [-0.1, -0.05) is 23.7 Å². The third-order valence-electron chi connectivity index (χ3n) is 6.62. The van der Waals surface area contributed by atoms with Crippen molar-refractivity contribution < 1.29 is 14.0 Å². The Bertz CT molecular complexity index is 1010. The molecule has 2 aromatic rings. The predicted octanol–water partition coefficient (Wildman–Crippen LogP) is 3.16. The highest BCUT2D eigenvalue weighted by atomic mass is 35.5. The number of piperazine rings is 1. The van der Waals surface area contributed by atoms with Gasteiger partial charge in [-0.15, -0.1) is 0 Å². The van der Waals surface area contributed by atoms with E-state index in [0.29, 0.717) is 16.0 Å². The van der Waals surface area contributed by atoms with Crippen LogP contribution in [-0.2, 0) is 4.79 Å². The fourth-order valence-electron chi connectivity index (χ4n) is 5.42. The van der Waals surface area contributed by atoms with E-state index in [4.69, 9.17) is 27.6 Å². The summed E-state index contributed by atoms with van der Waals surface area (Å²) in [6, 6.07) is 10.0. The molecule has 0 saturated carbocycles. The molecule has 4 heterocycles. The molecule has 3 aliphatic heterocycles. The van der Waals surface area contributed by atoms with Gasteiger partial charge < -0.3 is 14.6 Å². The van der Waals surface area contributed by atoms with E-state index in [1.807, 2.05) is 30.3 Å². The second kappa shape index (κ2) is 7.27. The molecule has 1 aromatic carbocycles. The van der Waals surface area contributed by atoms with Crippen LogP contribution in [0.1, 0.15) is 23.4 Å². The van der Waals surface area contributed by atoms with Crippen molar-refractivity contribution >= 4 is 35.1 Å². The van der Waals surface area contributed by atoms with Crippen molar-refractivity contribution in [3.05, 3.63) is 58.0 Å². The summed E-state index contributed by atoms with van der Waals surface area (Å²) in [5, 5.41) is 4.45. The lowest BCUT2D eigenvalue weighted by atomic mass is 9.84. The number of carbonyl (C=O) groups excluding carboxylic acids is 2. The van der Waals surface area contributed by atoms with Gasteiger partial charge in [0.2, 0.25) is 5.91 Å². The number of furan rings is 1. The van der Waals surface area contributed by atoms with Gasteiger partial charge in [0, 0.05) is 38.2 Å². The van der Waals surface area contributed by atoms with Crippen LogP contribution in [0.25, 0.3) is 0 Å². The number of imide groups is 1. The number of urea groups is 1. The third-order valence-corrected chi connectivity index (χ3v) is 7.05. The molecule has 1 N–H and O–H groups in total. The van der Waals surface area contributed by atoms with Crippen molar-refractivity contribution in [2.75, 3.05) is 27.2 Å². The first-order valence-electron chi connectivity index (χ1n) is 9.92. The zero-order chi connectivity index (χ0) is 21.2. The van der Waals surface area contributed by atoms with Crippen molar-refractivity contribution in [2.24, 2.45) is 5.92 Å². The molecule has 0 aliphatic carbocycles. The molecule has 3 saturated heterocycles. The lowest BCUT2D eigenvalue weighted by Gasteiger charge is -2.44. The molecule has 5 rings (SSSR count). The molecule has 7 nitrogen and oxygen atoms in total. The first kappa shape index (κ1) is 19.9. The number of halogens is 2. The van der Waals surface area contributed by atoms with Gasteiger partial charge in [-0.2, -0.15) is 0 Å². The van der Waals surface area contributed by atoms with Crippen molar-refractivity contribution in [1.82, 2.24) is 20.0 Å². The van der Waals surface area contributed by atoms with Crippen LogP contribution in [0, 0.1) is 5.92 Å². The second-order valence-corrected chi connectivity index (χ2v) is 8.92. The Balaban J connectivity index is 1.66. The number of hydrogen-bond acceptors (Lipinski definition) is 5. The van der Waals surface area contributed by atoms with E-state index in [1.165, 1.54) is 4.90 Å². The molecule has 3 aliphatic rings. The highest BCUT2D eigenvalue weighted by molar-refractivity contribution is 6.30. The molecule has 0 bridgehead atoms. The van der Waals surface area contributed by atoms with Gasteiger partial charge in [-0.3, -0.25) is 14.6 Å². The molecule has 5 atom stereocenters. The second-order valence-electron chi connectivity index (χ2n) is 8.11. The molecule has 5 unspecified atom stereocenters. The zero-order valence-corrected chi connectivity index (χ0v) is 18.1. The fourth-order valence-corrected chi connectivity index (χ4v) is 5.77. The maximum atomic E-state index is 13.4. The van der Waals surface area contributed by atoms with Crippen molar-refractivity contribution in [1.29, 1.82) is 0 Å². The molecular formula is C21H22Cl2N4O3. The maximum Gasteiger partial charge on any atom is 0.326 e. The Kier molecular flexibility index (Phi) is 4.82. The molecule has 0 radical (unpaired) electrons. The first-order chi connectivity index (χ1) is 14.4. The monoisotopic (exact) mass is 448 g/mol. The molecule has 30 heavy (non-hydrogen) atoms. The minimum Gasteiger partial charge on any atom is -0.448 e. The largest absolute Gasteiger partial charge is 0.448 e. The van der Waals surface area contributed by atoms with Crippen molar-refractivity contribution in [3.63, 3.8) is 0 Å².